The number of aliphatic imine (C=N–C) groups is 1. The van der Waals surface area contributed by atoms with Crippen LogP contribution < -0.4 is 0 Å². The summed E-state index contributed by atoms with van der Waals surface area (Å²) in [6, 6.07) is 9.73. The lowest BCUT2D eigenvalue weighted by Crippen LogP contribution is -1.95. The normalized spacial score (nSPS) is 10.8. The van der Waals surface area contributed by atoms with Crippen molar-refractivity contribution in [2.24, 2.45) is 4.99 Å². The van der Waals surface area contributed by atoms with Crippen molar-refractivity contribution in [1.29, 1.82) is 0 Å². The fourth-order valence-corrected chi connectivity index (χ4v) is 1.47. The molecular weight excluding hydrogens is 248 g/mol. The summed E-state index contributed by atoms with van der Waals surface area (Å²) in [7, 11) is 0. The molecule has 0 amide bonds. The van der Waals surface area contributed by atoms with Crippen molar-refractivity contribution in [3.63, 3.8) is 0 Å². The van der Waals surface area contributed by atoms with Gasteiger partial charge < -0.3 is 10.2 Å². The summed E-state index contributed by atoms with van der Waals surface area (Å²) in [6.07, 6.45) is 1.48. The van der Waals surface area contributed by atoms with Crippen LogP contribution in [0.1, 0.15) is 15.9 Å². The highest BCUT2D eigenvalue weighted by atomic mass is 18.2. The number of benzene rings is 2. The van der Waals surface area contributed by atoms with Gasteiger partial charge in [-0.1, -0.05) is 12.1 Å². The second kappa shape index (κ2) is 5.30. The summed E-state index contributed by atoms with van der Waals surface area (Å²) in [5.41, 5.74) is 0.861. The number of rotatable bonds is 3. The Balaban J connectivity index is 2.26. The van der Waals surface area contributed by atoms with Crippen LogP contribution in [0.3, 0.4) is 0 Å². The molecule has 2 aromatic carbocycles. The molecule has 0 fully saturated rings. The lowest BCUT2D eigenvalue weighted by atomic mass is 10.2. The first-order chi connectivity index (χ1) is 9.06. The first-order valence-electron chi connectivity index (χ1n) is 5.42. The Bertz CT molecular complexity index is 636. The van der Waals surface area contributed by atoms with Crippen LogP contribution in [0.15, 0.2) is 47.5 Å². The molecule has 96 valence electrons. The number of nitrogens with zero attached hydrogens (tertiary/aromatic N) is 1. The molecule has 0 unspecified atom stereocenters. The van der Waals surface area contributed by atoms with Gasteiger partial charge in [0.1, 0.15) is 17.1 Å². The average molecular weight is 258 g/mol. The lowest BCUT2D eigenvalue weighted by Gasteiger charge is -2.00. The van der Waals surface area contributed by atoms with Crippen molar-refractivity contribution in [2.75, 3.05) is 0 Å². The molecular formula is C14H10FNO3. The number of carboxylic acid groups (broad SMARTS) is 1. The van der Waals surface area contributed by atoms with Gasteiger partial charge in [0.05, 0.1) is 5.69 Å². The number of carboxylic acids is 1. The van der Waals surface area contributed by atoms with Gasteiger partial charge >= 0.3 is 5.97 Å². The van der Waals surface area contributed by atoms with Crippen LogP contribution in [-0.2, 0) is 0 Å². The van der Waals surface area contributed by atoms with E-state index in [1.54, 1.807) is 12.1 Å². The van der Waals surface area contributed by atoms with Gasteiger partial charge in [-0.05, 0) is 35.9 Å². The average Bonchev–Trinajstić information content (AvgIpc) is 2.39. The Morgan fingerprint density at radius 1 is 1.16 bits per heavy atom. The number of phenols is 1. The highest BCUT2D eigenvalue weighted by Gasteiger charge is 2.09. The summed E-state index contributed by atoms with van der Waals surface area (Å²) in [6.45, 7) is 0. The van der Waals surface area contributed by atoms with Crippen LogP contribution in [0.2, 0.25) is 0 Å². The highest BCUT2D eigenvalue weighted by Crippen LogP contribution is 2.23. The SMILES string of the molecule is O=C(O)c1cc(N=Cc2ccc([18F])cc2)ccc1O. The molecule has 19 heavy (non-hydrogen) atoms. The van der Waals surface area contributed by atoms with Crippen LogP contribution in [0.5, 0.6) is 5.75 Å². The van der Waals surface area contributed by atoms with Crippen LogP contribution in [0.4, 0.5) is 10.1 Å². The topological polar surface area (TPSA) is 69.9 Å². The molecule has 0 saturated heterocycles. The molecule has 0 bridgehead atoms. The van der Waals surface area contributed by atoms with Gasteiger partial charge in [0, 0.05) is 6.21 Å². The number of halogens is 1. The van der Waals surface area contributed by atoms with E-state index in [-0.39, 0.29) is 17.1 Å². The van der Waals surface area contributed by atoms with Crippen molar-refractivity contribution in [3.05, 3.63) is 59.4 Å². The minimum atomic E-state index is -1.23. The molecule has 0 spiro atoms. The molecule has 0 aliphatic rings. The molecule has 0 aromatic heterocycles. The van der Waals surface area contributed by atoms with Gasteiger partial charge in [0.2, 0.25) is 0 Å². The maximum atomic E-state index is 12.7. The predicted octanol–water partition coefficient (Wildman–Crippen LogP) is 2.98. The van der Waals surface area contributed by atoms with Crippen LogP contribution in [-0.4, -0.2) is 22.4 Å². The maximum absolute atomic E-state index is 12.7. The van der Waals surface area contributed by atoms with Gasteiger partial charge in [-0.25, -0.2) is 9.18 Å². The Hall–Kier alpha value is -2.69. The fraction of sp³-hybridized carbons (Fsp3) is 0. The van der Waals surface area contributed by atoms with Gasteiger partial charge in [-0.15, -0.1) is 0 Å². The Labute approximate surface area is 108 Å². The van der Waals surface area contributed by atoms with Crippen molar-refractivity contribution in [3.8, 4) is 5.75 Å². The van der Waals surface area contributed by atoms with Crippen LogP contribution in [0, 0.1) is 5.82 Å². The van der Waals surface area contributed by atoms with Crippen molar-refractivity contribution in [1.82, 2.24) is 0 Å². The zero-order valence-corrected chi connectivity index (χ0v) is 9.75. The predicted molar refractivity (Wildman–Crippen MR) is 68.7 cm³/mol. The van der Waals surface area contributed by atoms with Crippen molar-refractivity contribution in [2.45, 2.75) is 0 Å². The van der Waals surface area contributed by atoms with Gasteiger partial charge in [-0.2, -0.15) is 0 Å². The molecule has 2 rings (SSSR count). The standard InChI is InChI=1S/C14H10FNO3/c15-10-3-1-9(2-4-10)8-16-11-5-6-13(17)12(7-11)14(18)19/h1-8,17H,(H,18,19)/i15-1. The smallest absolute Gasteiger partial charge is 0.339 e. The van der Waals surface area contributed by atoms with Crippen molar-refractivity contribution < 1.29 is 19.4 Å². The third-order valence-corrected chi connectivity index (χ3v) is 2.44. The molecule has 2 aromatic rings. The fourth-order valence-electron chi connectivity index (χ4n) is 1.47. The zero-order valence-electron chi connectivity index (χ0n) is 9.75. The molecule has 5 heteroatoms. The third-order valence-electron chi connectivity index (χ3n) is 2.44. The van der Waals surface area contributed by atoms with E-state index in [1.807, 2.05) is 0 Å². The van der Waals surface area contributed by atoms with E-state index >= 15 is 0 Å². The molecule has 2 N–H and O–H groups in total. The molecule has 0 saturated carbocycles. The zero-order chi connectivity index (χ0) is 13.8. The minimum Gasteiger partial charge on any atom is -0.507 e. The van der Waals surface area contributed by atoms with E-state index < -0.39 is 5.97 Å². The highest BCUT2D eigenvalue weighted by molar-refractivity contribution is 5.92. The number of aromatic hydroxyl groups is 1. The van der Waals surface area contributed by atoms with Gasteiger partial charge in [0.15, 0.2) is 0 Å². The van der Waals surface area contributed by atoms with Crippen LogP contribution >= 0.6 is 0 Å². The second-order valence-corrected chi connectivity index (χ2v) is 3.82. The van der Waals surface area contributed by atoms with Gasteiger partial charge in [0.25, 0.3) is 0 Å². The second-order valence-electron chi connectivity index (χ2n) is 3.82. The number of hydrogen-bond donors (Lipinski definition) is 2. The Morgan fingerprint density at radius 2 is 1.84 bits per heavy atom. The summed E-state index contributed by atoms with van der Waals surface area (Å²) < 4.78 is 12.7. The van der Waals surface area contributed by atoms with E-state index in [0.29, 0.717) is 11.3 Å². The number of aromatic carboxylic acids is 1. The number of carbonyl (C=O) groups is 1. The summed E-state index contributed by atoms with van der Waals surface area (Å²) in [4.78, 5) is 14.9. The molecule has 0 heterocycles. The first kappa shape index (κ1) is 12.8. The largest absolute Gasteiger partial charge is 0.507 e. The Kier molecular flexibility index (Phi) is 3.56. The van der Waals surface area contributed by atoms with Crippen LogP contribution in [0.25, 0.3) is 0 Å². The van der Waals surface area contributed by atoms with Crippen molar-refractivity contribution >= 4 is 17.9 Å². The van der Waals surface area contributed by atoms with E-state index in [9.17, 15) is 14.3 Å². The monoisotopic (exact) mass is 258 g/mol. The summed E-state index contributed by atoms with van der Waals surface area (Å²) in [5.74, 6) is -1.88. The summed E-state index contributed by atoms with van der Waals surface area (Å²) in [5, 5.41) is 18.2. The van der Waals surface area contributed by atoms with Gasteiger partial charge in [-0.3, -0.25) is 4.99 Å². The first-order valence-corrected chi connectivity index (χ1v) is 5.42. The molecule has 0 atom stereocenters. The molecule has 0 aliphatic heterocycles. The van der Waals surface area contributed by atoms with E-state index in [4.69, 9.17) is 5.11 Å². The quantitative estimate of drug-likeness (QED) is 0.831. The van der Waals surface area contributed by atoms with E-state index in [0.717, 1.165) is 0 Å². The molecule has 4 nitrogen and oxygen atoms in total. The lowest BCUT2D eigenvalue weighted by molar-refractivity contribution is 0.0694. The third kappa shape index (κ3) is 3.16. The number of hydrogen-bond acceptors (Lipinski definition) is 3. The Morgan fingerprint density at radius 3 is 2.47 bits per heavy atom. The molecule has 0 aliphatic carbocycles. The molecule has 0 radical (unpaired) electrons. The summed E-state index contributed by atoms with van der Waals surface area (Å²) >= 11 is 0. The maximum Gasteiger partial charge on any atom is 0.339 e. The van der Waals surface area contributed by atoms with E-state index in [1.165, 1.54) is 36.5 Å². The van der Waals surface area contributed by atoms with E-state index in [2.05, 4.69) is 4.99 Å². The minimum absolute atomic E-state index is 0.214.